The molecular formula is C11H9Cl2N3O. The monoisotopic (exact) mass is 269 g/mol. The number of pyridine rings is 1. The van der Waals surface area contributed by atoms with Crippen molar-refractivity contribution >= 4 is 34.7 Å². The molecular weight excluding hydrogens is 261 g/mol. The summed E-state index contributed by atoms with van der Waals surface area (Å²) in [5.41, 5.74) is 3.45. The molecule has 0 aromatic carbocycles. The van der Waals surface area contributed by atoms with Gasteiger partial charge < -0.3 is 4.42 Å². The first-order valence-electron chi connectivity index (χ1n) is 4.82. The van der Waals surface area contributed by atoms with Crippen molar-refractivity contribution in [3.63, 3.8) is 0 Å². The number of hydrogen-bond acceptors (Lipinski definition) is 4. The molecule has 0 saturated heterocycles. The van der Waals surface area contributed by atoms with Crippen LogP contribution in [0.1, 0.15) is 12.7 Å². The van der Waals surface area contributed by atoms with Gasteiger partial charge >= 0.3 is 0 Å². The Kier molecular flexibility index (Phi) is 3.66. The van der Waals surface area contributed by atoms with Crippen molar-refractivity contribution in [2.75, 3.05) is 5.43 Å². The molecule has 88 valence electrons. The maximum atomic E-state index is 5.94. The molecule has 0 fully saturated rings. The number of hydrazone groups is 1. The van der Waals surface area contributed by atoms with Gasteiger partial charge in [0.2, 0.25) is 0 Å². The second-order valence-corrected chi connectivity index (χ2v) is 4.11. The molecule has 0 spiro atoms. The van der Waals surface area contributed by atoms with E-state index in [4.69, 9.17) is 27.6 Å². The molecule has 2 heterocycles. The highest BCUT2D eigenvalue weighted by Crippen LogP contribution is 2.22. The molecule has 0 atom stereocenters. The van der Waals surface area contributed by atoms with Crippen LogP contribution in [0.25, 0.3) is 0 Å². The van der Waals surface area contributed by atoms with Gasteiger partial charge in [-0.15, -0.1) is 0 Å². The van der Waals surface area contributed by atoms with Crippen LogP contribution in [0.2, 0.25) is 10.0 Å². The van der Waals surface area contributed by atoms with E-state index in [1.165, 1.54) is 6.20 Å². The van der Waals surface area contributed by atoms with Crippen molar-refractivity contribution in [2.24, 2.45) is 5.10 Å². The number of rotatable bonds is 3. The van der Waals surface area contributed by atoms with Crippen LogP contribution in [0.4, 0.5) is 5.82 Å². The van der Waals surface area contributed by atoms with Crippen molar-refractivity contribution in [2.45, 2.75) is 6.92 Å². The van der Waals surface area contributed by atoms with E-state index in [-0.39, 0.29) is 0 Å². The lowest BCUT2D eigenvalue weighted by Gasteiger charge is -2.03. The van der Waals surface area contributed by atoms with Crippen LogP contribution in [-0.4, -0.2) is 10.7 Å². The molecule has 0 unspecified atom stereocenters. The molecule has 6 heteroatoms. The Bertz CT molecular complexity index is 538. The summed E-state index contributed by atoms with van der Waals surface area (Å²) in [6.07, 6.45) is 3.08. The number of hydrogen-bond donors (Lipinski definition) is 1. The van der Waals surface area contributed by atoms with Gasteiger partial charge in [-0.05, 0) is 25.1 Å². The third-order valence-electron chi connectivity index (χ3n) is 2.02. The largest absolute Gasteiger partial charge is 0.463 e. The summed E-state index contributed by atoms with van der Waals surface area (Å²) in [6.45, 7) is 1.82. The zero-order valence-corrected chi connectivity index (χ0v) is 10.5. The standard InChI is InChI=1S/C11H9Cl2N3O/c1-7(10-3-2-4-17-10)15-16-11-9(13)5-8(12)6-14-11/h2-6H,1H3,(H,14,16)/b15-7+. The zero-order chi connectivity index (χ0) is 12.3. The maximum Gasteiger partial charge on any atom is 0.165 e. The second-order valence-electron chi connectivity index (χ2n) is 3.27. The smallest absolute Gasteiger partial charge is 0.165 e. The number of nitrogens with one attached hydrogen (secondary N) is 1. The molecule has 0 bridgehead atoms. The molecule has 0 aliphatic rings. The summed E-state index contributed by atoms with van der Waals surface area (Å²) >= 11 is 11.7. The normalized spacial score (nSPS) is 11.6. The number of halogens is 2. The van der Waals surface area contributed by atoms with E-state index >= 15 is 0 Å². The fourth-order valence-corrected chi connectivity index (χ4v) is 1.60. The van der Waals surface area contributed by atoms with Gasteiger partial charge in [0.1, 0.15) is 11.5 Å². The van der Waals surface area contributed by atoms with E-state index in [1.807, 2.05) is 13.0 Å². The summed E-state index contributed by atoms with van der Waals surface area (Å²) in [5, 5.41) is 5.00. The van der Waals surface area contributed by atoms with E-state index in [0.29, 0.717) is 27.3 Å². The van der Waals surface area contributed by atoms with Crippen molar-refractivity contribution in [3.05, 3.63) is 46.5 Å². The quantitative estimate of drug-likeness (QED) is 0.681. The second kappa shape index (κ2) is 5.21. The molecule has 0 aliphatic carbocycles. The molecule has 2 rings (SSSR count). The van der Waals surface area contributed by atoms with Crippen molar-refractivity contribution in [3.8, 4) is 0 Å². The van der Waals surface area contributed by atoms with E-state index in [0.717, 1.165) is 0 Å². The van der Waals surface area contributed by atoms with Gasteiger partial charge in [0.15, 0.2) is 5.82 Å². The first kappa shape index (κ1) is 12.0. The predicted octanol–water partition coefficient (Wildman–Crippen LogP) is 3.82. The number of anilines is 1. The van der Waals surface area contributed by atoms with Crippen LogP contribution in [0, 0.1) is 0 Å². The van der Waals surface area contributed by atoms with E-state index in [2.05, 4.69) is 15.5 Å². The van der Waals surface area contributed by atoms with Crippen molar-refractivity contribution in [1.82, 2.24) is 4.98 Å². The van der Waals surface area contributed by atoms with E-state index < -0.39 is 0 Å². The minimum Gasteiger partial charge on any atom is -0.463 e. The van der Waals surface area contributed by atoms with Gasteiger partial charge in [0.05, 0.1) is 16.3 Å². The van der Waals surface area contributed by atoms with Crippen LogP contribution >= 0.6 is 23.2 Å². The minimum atomic E-state index is 0.411. The average molecular weight is 270 g/mol. The van der Waals surface area contributed by atoms with Gasteiger partial charge in [-0.25, -0.2) is 4.98 Å². The molecule has 2 aromatic rings. The predicted molar refractivity (Wildman–Crippen MR) is 68.8 cm³/mol. The SMILES string of the molecule is C/C(=N\Nc1ncc(Cl)cc1Cl)c1ccco1. The molecule has 17 heavy (non-hydrogen) atoms. The van der Waals surface area contributed by atoms with Gasteiger partial charge in [-0.2, -0.15) is 5.10 Å². The lowest BCUT2D eigenvalue weighted by Crippen LogP contribution is -2.00. The van der Waals surface area contributed by atoms with Gasteiger partial charge in [0.25, 0.3) is 0 Å². The van der Waals surface area contributed by atoms with Crippen molar-refractivity contribution in [1.29, 1.82) is 0 Å². The Labute approximate surface area is 108 Å². The van der Waals surface area contributed by atoms with Crippen molar-refractivity contribution < 1.29 is 4.42 Å². The first-order chi connectivity index (χ1) is 8.16. The third kappa shape index (κ3) is 2.99. The molecule has 2 aromatic heterocycles. The molecule has 4 nitrogen and oxygen atoms in total. The van der Waals surface area contributed by atoms with Crippen LogP contribution in [0.5, 0.6) is 0 Å². The summed E-state index contributed by atoms with van der Waals surface area (Å²) in [6, 6.07) is 5.20. The summed E-state index contributed by atoms with van der Waals surface area (Å²) in [4.78, 5) is 4.02. The Morgan fingerprint density at radius 1 is 1.47 bits per heavy atom. The Morgan fingerprint density at radius 2 is 2.29 bits per heavy atom. The van der Waals surface area contributed by atoms with Crippen LogP contribution in [0.15, 0.2) is 40.2 Å². The summed E-state index contributed by atoms with van der Waals surface area (Å²) < 4.78 is 5.19. The average Bonchev–Trinajstić information content (AvgIpc) is 2.81. The molecule has 1 N–H and O–H groups in total. The van der Waals surface area contributed by atoms with Gasteiger partial charge in [-0.1, -0.05) is 23.2 Å². The highest BCUT2D eigenvalue weighted by Gasteiger charge is 2.03. The number of furan rings is 1. The topological polar surface area (TPSA) is 50.4 Å². The van der Waals surface area contributed by atoms with Crippen LogP contribution in [-0.2, 0) is 0 Å². The zero-order valence-electron chi connectivity index (χ0n) is 8.95. The Balaban J connectivity index is 2.14. The molecule has 0 saturated carbocycles. The highest BCUT2D eigenvalue weighted by molar-refractivity contribution is 6.35. The summed E-state index contributed by atoms with van der Waals surface area (Å²) in [5.74, 6) is 1.13. The minimum absolute atomic E-state index is 0.411. The van der Waals surface area contributed by atoms with E-state index in [1.54, 1.807) is 18.4 Å². The number of nitrogens with zero attached hydrogens (tertiary/aromatic N) is 2. The Morgan fingerprint density at radius 3 is 2.94 bits per heavy atom. The fraction of sp³-hybridized carbons (Fsp3) is 0.0909. The Hall–Kier alpha value is -1.52. The van der Waals surface area contributed by atoms with Crippen LogP contribution in [0.3, 0.4) is 0 Å². The van der Waals surface area contributed by atoms with Gasteiger partial charge in [0, 0.05) is 6.20 Å². The summed E-state index contributed by atoms with van der Waals surface area (Å²) in [7, 11) is 0. The molecule has 0 amide bonds. The molecule has 0 aliphatic heterocycles. The van der Waals surface area contributed by atoms with Gasteiger partial charge in [-0.3, -0.25) is 5.43 Å². The number of aromatic nitrogens is 1. The van der Waals surface area contributed by atoms with E-state index in [9.17, 15) is 0 Å². The lowest BCUT2D eigenvalue weighted by atomic mass is 10.3. The van der Waals surface area contributed by atoms with Crippen LogP contribution < -0.4 is 5.43 Å². The first-order valence-corrected chi connectivity index (χ1v) is 5.57. The lowest BCUT2D eigenvalue weighted by molar-refractivity contribution is 0.557. The third-order valence-corrected chi connectivity index (χ3v) is 2.51. The fourth-order valence-electron chi connectivity index (χ4n) is 1.17. The highest BCUT2D eigenvalue weighted by atomic mass is 35.5. The maximum absolute atomic E-state index is 5.94. The molecule has 0 radical (unpaired) electrons.